The van der Waals surface area contributed by atoms with Crippen LogP contribution in [-0.4, -0.2) is 30.0 Å². The van der Waals surface area contributed by atoms with Crippen molar-refractivity contribution in [1.82, 2.24) is 9.88 Å². The van der Waals surface area contributed by atoms with Crippen molar-refractivity contribution in [2.24, 2.45) is 0 Å². The molecule has 3 heterocycles. The van der Waals surface area contributed by atoms with Crippen LogP contribution in [0.15, 0.2) is 70.1 Å². The molecule has 0 saturated carbocycles. The predicted molar refractivity (Wildman–Crippen MR) is 123 cm³/mol. The van der Waals surface area contributed by atoms with E-state index < -0.39 is 6.04 Å². The summed E-state index contributed by atoms with van der Waals surface area (Å²) in [5.74, 6) is 0.688. The topological polar surface area (TPSA) is 81.9 Å². The monoisotopic (exact) mass is 462 g/mol. The van der Waals surface area contributed by atoms with Crippen LogP contribution >= 0.6 is 11.6 Å². The zero-order valence-corrected chi connectivity index (χ0v) is 18.6. The number of amides is 1. The number of rotatable bonds is 5. The predicted octanol–water partition coefficient (Wildman–Crippen LogP) is 4.60. The molecule has 1 atom stereocenters. The Morgan fingerprint density at radius 3 is 2.61 bits per heavy atom. The first-order valence-corrected chi connectivity index (χ1v) is 10.6. The minimum atomic E-state index is -0.688. The van der Waals surface area contributed by atoms with E-state index in [9.17, 15) is 9.59 Å². The molecule has 0 radical (unpaired) electrons. The minimum Gasteiger partial charge on any atom is -0.493 e. The van der Waals surface area contributed by atoms with E-state index in [-0.39, 0.29) is 29.2 Å². The summed E-state index contributed by atoms with van der Waals surface area (Å²) < 4.78 is 16.8. The molecule has 166 valence electrons. The molecule has 1 aliphatic rings. The maximum atomic E-state index is 13.6. The lowest BCUT2D eigenvalue weighted by Gasteiger charge is -2.25. The van der Waals surface area contributed by atoms with Gasteiger partial charge in [0.25, 0.3) is 5.91 Å². The number of halogens is 1. The van der Waals surface area contributed by atoms with Gasteiger partial charge in [0.1, 0.15) is 5.58 Å². The normalized spacial score (nSPS) is 15.1. The molecule has 0 aliphatic carbocycles. The van der Waals surface area contributed by atoms with Crippen molar-refractivity contribution in [2.75, 3.05) is 14.2 Å². The van der Waals surface area contributed by atoms with Crippen LogP contribution in [0.3, 0.4) is 0 Å². The van der Waals surface area contributed by atoms with Crippen molar-refractivity contribution in [3.63, 3.8) is 0 Å². The van der Waals surface area contributed by atoms with Gasteiger partial charge in [-0.3, -0.25) is 14.6 Å². The van der Waals surface area contributed by atoms with E-state index in [1.807, 2.05) is 12.1 Å². The SMILES string of the molecule is COc1ccc(C2c3c(oc4ccc(Cl)cc4c3=O)C(=O)N2Cc2cccnc2)cc1OC. The molecule has 5 rings (SSSR count). The van der Waals surface area contributed by atoms with Crippen LogP contribution in [0.2, 0.25) is 5.02 Å². The van der Waals surface area contributed by atoms with Gasteiger partial charge < -0.3 is 18.8 Å². The average Bonchev–Trinajstić information content (AvgIpc) is 3.11. The summed E-state index contributed by atoms with van der Waals surface area (Å²) in [5, 5.41) is 0.733. The maximum Gasteiger partial charge on any atom is 0.291 e. The van der Waals surface area contributed by atoms with Gasteiger partial charge in [-0.05, 0) is 47.5 Å². The van der Waals surface area contributed by atoms with Gasteiger partial charge in [-0.2, -0.15) is 0 Å². The fraction of sp³-hybridized carbons (Fsp3) is 0.160. The van der Waals surface area contributed by atoms with Crippen LogP contribution in [0.5, 0.6) is 11.5 Å². The smallest absolute Gasteiger partial charge is 0.291 e. The van der Waals surface area contributed by atoms with Crippen molar-refractivity contribution in [2.45, 2.75) is 12.6 Å². The highest BCUT2D eigenvalue weighted by molar-refractivity contribution is 6.31. The number of carbonyl (C=O) groups excluding carboxylic acids is 1. The van der Waals surface area contributed by atoms with Gasteiger partial charge in [-0.1, -0.05) is 23.7 Å². The summed E-state index contributed by atoms with van der Waals surface area (Å²) in [6.07, 6.45) is 3.35. The number of ether oxygens (including phenoxy) is 2. The lowest BCUT2D eigenvalue weighted by atomic mass is 9.98. The summed E-state index contributed by atoms with van der Waals surface area (Å²) >= 11 is 6.14. The lowest BCUT2D eigenvalue weighted by molar-refractivity contribution is 0.0714. The molecule has 0 bridgehead atoms. The molecular formula is C25H19ClN2O5. The first kappa shape index (κ1) is 21.0. The molecule has 8 heteroatoms. The highest BCUT2D eigenvalue weighted by atomic mass is 35.5. The molecule has 2 aromatic heterocycles. The molecule has 4 aromatic rings. The molecule has 0 saturated heterocycles. The molecule has 0 fully saturated rings. The molecular weight excluding hydrogens is 444 g/mol. The Morgan fingerprint density at radius 2 is 1.88 bits per heavy atom. The Morgan fingerprint density at radius 1 is 1.06 bits per heavy atom. The summed E-state index contributed by atoms with van der Waals surface area (Å²) in [6, 6.07) is 13.1. The quantitative estimate of drug-likeness (QED) is 0.431. The summed E-state index contributed by atoms with van der Waals surface area (Å²) in [5.41, 5.74) is 1.80. The van der Waals surface area contributed by atoms with Gasteiger partial charge in [-0.15, -0.1) is 0 Å². The Labute approximate surface area is 194 Å². The average molecular weight is 463 g/mol. The Hall–Kier alpha value is -3.84. The summed E-state index contributed by atoms with van der Waals surface area (Å²) in [6.45, 7) is 0.242. The largest absolute Gasteiger partial charge is 0.493 e. The number of benzene rings is 2. The lowest BCUT2D eigenvalue weighted by Crippen LogP contribution is -2.29. The van der Waals surface area contributed by atoms with E-state index in [2.05, 4.69) is 4.98 Å². The van der Waals surface area contributed by atoms with Crippen LogP contribution in [0.4, 0.5) is 0 Å². The van der Waals surface area contributed by atoms with Crippen molar-refractivity contribution in [1.29, 1.82) is 0 Å². The first-order chi connectivity index (χ1) is 16.0. The number of hydrogen-bond acceptors (Lipinski definition) is 6. The van der Waals surface area contributed by atoms with Crippen LogP contribution in [-0.2, 0) is 6.54 Å². The first-order valence-electron chi connectivity index (χ1n) is 10.2. The van der Waals surface area contributed by atoms with Crippen molar-refractivity contribution >= 4 is 28.5 Å². The van der Waals surface area contributed by atoms with E-state index >= 15 is 0 Å². The van der Waals surface area contributed by atoms with Gasteiger partial charge in [0.15, 0.2) is 16.9 Å². The molecule has 33 heavy (non-hydrogen) atoms. The highest BCUT2D eigenvalue weighted by Crippen LogP contribution is 2.41. The number of nitrogens with zero attached hydrogens (tertiary/aromatic N) is 2. The van der Waals surface area contributed by atoms with Gasteiger partial charge in [0, 0.05) is 24.0 Å². The highest BCUT2D eigenvalue weighted by Gasteiger charge is 2.43. The molecule has 1 unspecified atom stereocenters. The van der Waals surface area contributed by atoms with Crippen molar-refractivity contribution < 1.29 is 18.7 Å². The summed E-state index contributed by atoms with van der Waals surface area (Å²) in [4.78, 5) is 32.9. The second-order valence-electron chi connectivity index (χ2n) is 7.63. The number of fused-ring (bicyclic) bond motifs is 2. The Kier molecular flexibility index (Phi) is 5.26. The third-order valence-electron chi connectivity index (χ3n) is 5.73. The van der Waals surface area contributed by atoms with E-state index in [1.54, 1.807) is 60.8 Å². The zero-order valence-electron chi connectivity index (χ0n) is 17.9. The Balaban J connectivity index is 1.74. The van der Waals surface area contributed by atoms with Crippen molar-refractivity contribution in [3.8, 4) is 11.5 Å². The molecule has 2 aromatic carbocycles. The third kappa shape index (κ3) is 3.50. The van der Waals surface area contributed by atoms with E-state index in [0.717, 1.165) is 5.56 Å². The summed E-state index contributed by atoms with van der Waals surface area (Å²) in [7, 11) is 3.08. The number of carbonyl (C=O) groups is 1. The van der Waals surface area contributed by atoms with Gasteiger partial charge >= 0.3 is 0 Å². The maximum absolute atomic E-state index is 13.6. The second kappa shape index (κ2) is 8.26. The standard InChI is InChI=1S/C25H19ClN2O5/c1-31-19-7-5-15(10-20(19)32-2)22-21-23(29)17-11-16(26)6-8-18(17)33-24(21)25(30)28(22)13-14-4-3-9-27-12-14/h3-12,22H,13H2,1-2H3. The number of methoxy groups -OCH3 is 2. The fourth-order valence-electron chi connectivity index (χ4n) is 4.21. The molecule has 7 nitrogen and oxygen atoms in total. The van der Waals surface area contributed by atoms with E-state index in [0.29, 0.717) is 33.1 Å². The van der Waals surface area contributed by atoms with Crippen LogP contribution in [0, 0.1) is 0 Å². The van der Waals surface area contributed by atoms with Crippen molar-refractivity contribution in [3.05, 3.63) is 98.6 Å². The Bertz CT molecular complexity index is 1430. The van der Waals surface area contributed by atoms with Crippen LogP contribution in [0.25, 0.3) is 11.0 Å². The second-order valence-corrected chi connectivity index (χ2v) is 8.06. The van der Waals surface area contributed by atoms with Gasteiger partial charge in [-0.25, -0.2) is 0 Å². The number of pyridine rings is 1. The molecule has 1 aliphatic heterocycles. The van der Waals surface area contributed by atoms with Crippen LogP contribution in [0.1, 0.15) is 33.3 Å². The fourth-order valence-corrected chi connectivity index (χ4v) is 4.39. The molecule has 1 amide bonds. The zero-order chi connectivity index (χ0) is 23.1. The van der Waals surface area contributed by atoms with E-state index in [1.165, 1.54) is 7.11 Å². The molecule has 0 N–H and O–H groups in total. The minimum absolute atomic E-state index is 0.0264. The molecule has 0 spiro atoms. The number of hydrogen-bond donors (Lipinski definition) is 0. The van der Waals surface area contributed by atoms with Gasteiger partial charge in [0.2, 0.25) is 5.76 Å². The number of aromatic nitrogens is 1. The van der Waals surface area contributed by atoms with E-state index in [4.69, 9.17) is 25.5 Å². The van der Waals surface area contributed by atoms with Crippen LogP contribution < -0.4 is 14.9 Å². The van der Waals surface area contributed by atoms with Gasteiger partial charge in [0.05, 0.1) is 31.2 Å². The third-order valence-corrected chi connectivity index (χ3v) is 5.96.